The van der Waals surface area contributed by atoms with Gasteiger partial charge in [0.1, 0.15) is 0 Å². The molecule has 1 unspecified atom stereocenters. The van der Waals surface area contributed by atoms with E-state index >= 15 is 0 Å². The van der Waals surface area contributed by atoms with Crippen LogP contribution in [0.3, 0.4) is 0 Å². The fraction of sp³-hybridized carbons (Fsp3) is 0.737. The van der Waals surface area contributed by atoms with Crippen LogP contribution in [0.1, 0.15) is 37.5 Å². The summed E-state index contributed by atoms with van der Waals surface area (Å²) in [6.07, 6.45) is 5.04. The van der Waals surface area contributed by atoms with Crippen LogP contribution in [0.5, 0.6) is 0 Å². The fourth-order valence-electron chi connectivity index (χ4n) is 4.00. The van der Waals surface area contributed by atoms with Crippen LogP contribution in [0.4, 0.5) is 0 Å². The third-order valence-corrected chi connectivity index (χ3v) is 6.47. The van der Waals surface area contributed by atoms with Crippen molar-refractivity contribution in [3.63, 3.8) is 0 Å². The third kappa shape index (κ3) is 6.65. The van der Waals surface area contributed by atoms with Crippen molar-refractivity contribution < 1.29 is 0 Å². The minimum absolute atomic E-state index is 0. The van der Waals surface area contributed by atoms with Crippen molar-refractivity contribution in [3.8, 4) is 0 Å². The van der Waals surface area contributed by atoms with Gasteiger partial charge >= 0.3 is 0 Å². The second kappa shape index (κ2) is 11.5. The molecule has 0 saturated carbocycles. The molecular formula is C19H34IN5S. The molecule has 1 aromatic heterocycles. The molecule has 2 fully saturated rings. The van der Waals surface area contributed by atoms with Crippen LogP contribution in [0, 0.1) is 5.92 Å². The van der Waals surface area contributed by atoms with Gasteiger partial charge in [0, 0.05) is 30.6 Å². The number of thiophene rings is 1. The molecule has 3 rings (SSSR count). The Morgan fingerprint density at radius 3 is 2.81 bits per heavy atom. The van der Waals surface area contributed by atoms with E-state index in [0.717, 1.165) is 26.2 Å². The summed E-state index contributed by atoms with van der Waals surface area (Å²) in [5, 5.41) is 5.51. The van der Waals surface area contributed by atoms with Gasteiger partial charge in [-0.2, -0.15) is 0 Å². The number of piperidine rings is 1. The second-order valence-corrected chi connectivity index (χ2v) is 8.36. The van der Waals surface area contributed by atoms with E-state index in [2.05, 4.69) is 44.5 Å². The third-order valence-electron chi connectivity index (χ3n) is 5.61. The van der Waals surface area contributed by atoms with E-state index in [-0.39, 0.29) is 24.0 Å². The van der Waals surface area contributed by atoms with E-state index in [9.17, 15) is 0 Å². The van der Waals surface area contributed by atoms with Gasteiger partial charge in [0.15, 0.2) is 5.96 Å². The first-order valence-corrected chi connectivity index (χ1v) is 10.6. The summed E-state index contributed by atoms with van der Waals surface area (Å²) in [6, 6.07) is 5.00. The highest BCUT2D eigenvalue weighted by Crippen LogP contribution is 2.21. The Kier molecular flexibility index (Phi) is 9.66. The van der Waals surface area contributed by atoms with Gasteiger partial charge in [0.2, 0.25) is 0 Å². The molecule has 1 atom stereocenters. The average molecular weight is 491 g/mol. The molecule has 2 saturated heterocycles. The SMILES string of the molecule is CCN1CCCC1CNC(N)=NCC1CCN(Cc2cccs2)CC1.I. The monoisotopic (exact) mass is 491 g/mol. The van der Waals surface area contributed by atoms with Crippen molar-refractivity contribution in [2.24, 2.45) is 16.6 Å². The quantitative estimate of drug-likeness (QED) is 0.350. The summed E-state index contributed by atoms with van der Waals surface area (Å²) >= 11 is 1.86. The lowest BCUT2D eigenvalue weighted by atomic mass is 9.97. The molecule has 1 aromatic rings. The number of guanidine groups is 1. The smallest absolute Gasteiger partial charge is 0.188 e. The summed E-state index contributed by atoms with van der Waals surface area (Å²) < 4.78 is 0. The number of rotatable bonds is 7. The summed E-state index contributed by atoms with van der Waals surface area (Å²) in [4.78, 5) is 11.2. The minimum atomic E-state index is 0. The lowest BCUT2D eigenvalue weighted by molar-refractivity contribution is 0.182. The zero-order chi connectivity index (χ0) is 17.5. The predicted molar refractivity (Wildman–Crippen MR) is 122 cm³/mol. The molecule has 148 valence electrons. The Hall–Kier alpha value is -0.380. The molecular weight excluding hydrogens is 457 g/mol. The van der Waals surface area contributed by atoms with Crippen molar-refractivity contribution in [2.45, 2.75) is 45.2 Å². The number of nitrogens with zero attached hydrogens (tertiary/aromatic N) is 3. The molecule has 0 spiro atoms. The van der Waals surface area contributed by atoms with Crippen molar-refractivity contribution in [3.05, 3.63) is 22.4 Å². The van der Waals surface area contributed by atoms with Crippen LogP contribution < -0.4 is 11.1 Å². The van der Waals surface area contributed by atoms with Gasteiger partial charge in [0.05, 0.1) is 0 Å². The first kappa shape index (κ1) is 21.9. The summed E-state index contributed by atoms with van der Waals surface area (Å²) in [5.74, 6) is 1.31. The molecule has 0 aromatic carbocycles. The first-order valence-electron chi connectivity index (χ1n) is 9.77. The Morgan fingerprint density at radius 1 is 1.31 bits per heavy atom. The number of hydrogen-bond donors (Lipinski definition) is 2. The molecule has 0 bridgehead atoms. The molecule has 2 aliphatic heterocycles. The average Bonchev–Trinajstić information content (AvgIpc) is 3.30. The summed E-state index contributed by atoms with van der Waals surface area (Å²) in [5.41, 5.74) is 6.08. The van der Waals surface area contributed by atoms with Crippen molar-refractivity contribution in [1.82, 2.24) is 15.1 Å². The van der Waals surface area contributed by atoms with Crippen LogP contribution in [-0.4, -0.2) is 61.1 Å². The number of likely N-dealkylation sites (N-methyl/N-ethyl adjacent to an activating group) is 1. The molecule has 0 amide bonds. The van der Waals surface area contributed by atoms with E-state index in [1.165, 1.54) is 50.2 Å². The van der Waals surface area contributed by atoms with Crippen molar-refractivity contribution in [2.75, 3.05) is 39.3 Å². The van der Waals surface area contributed by atoms with E-state index < -0.39 is 0 Å². The van der Waals surface area contributed by atoms with Crippen molar-refractivity contribution >= 4 is 41.3 Å². The second-order valence-electron chi connectivity index (χ2n) is 7.33. The van der Waals surface area contributed by atoms with Crippen molar-refractivity contribution in [1.29, 1.82) is 0 Å². The van der Waals surface area contributed by atoms with E-state index in [0.29, 0.717) is 17.9 Å². The lowest BCUT2D eigenvalue weighted by Crippen LogP contribution is -2.43. The number of nitrogens with one attached hydrogen (secondary N) is 1. The van der Waals surface area contributed by atoms with E-state index in [1.807, 2.05) is 11.3 Å². The number of hydrogen-bond acceptors (Lipinski definition) is 4. The highest BCUT2D eigenvalue weighted by molar-refractivity contribution is 14.0. The molecule has 0 radical (unpaired) electrons. The van der Waals surface area contributed by atoms with Crippen LogP contribution >= 0.6 is 35.3 Å². The predicted octanol–water partition coefficient (Wildman–Crippen LogP) is 2.97. The van der Waals surface area contributed by atoms with E-state index in [1.54, 1.807) is 0 Å². The van der Waals surface area contributed by atoms with Gasteiger partial charge < -0.3 is 11.1 Å². The zero-order valence-corrected chi connectivity index (χ0v) is 19.0. The van der Waals surface area contributed by atoms with Gasteiger partial charge in [-0.3, -0.25) is 14.8 Å². The van der Waals surface area contributed by atoms with Gasteiger partial charge in [0.25, 0.3) is 0 Å². The largest absolute Gasteiger partial charge is 0.370 e. The lowest BCUT2D eigenvalue weighted by Gasteiger charge is -2.31. The minimum Gasteiger partial charge on any atom is -0.370 e. The maximum atomic E-state index is 6.08. The first-order chi connectivity index (χ1) is 12.2. The summed E-state index contributed by atoms with van der Waals surface area (Å²) in [6.45, 7) is 9.86. The molecule has 7 heteroatoms. The van der Waals surface area contributed by atoms with Crippen LogP contribution in [0.2, 0.25) is 0 Å². The number of halogens is 1. The molecule has 0 aliphatic carbocycles. The standard InChI is InChI=1S/C19H33N5S.HI/c1-2-24-9-3-5-17(24)14-22-19(20)21-13-16-7-10-23(11-8-16)15-18-6-4-12-25-18;/h4,6,12,16-17H,2-3,5,7-11,13-15H2,1H3,(H3,20,21,22);1H. The Balaban J connectivity index is 0.00000243. The highest BCUT2D eigenvalue weighted by atomic mass is 127. The van der Waals surface area contributed by atoms with Crippen LogP contribution in [-0.2, 0) is 6.54 Å². The molecule has 5 nitrogen and oxygen atoms in total. The maximum absolute atomic E-state index is 6.08. The zero-order valence-electron chi connectivity index (χ0n) is 15.9. The Morgan fingerprint density at radius 2 is 2.12 bits per heavy atom. The Labute approximate surface area is 179 Å². The summed E-state index contributed by atoms with van der Waals surface area (Å²) in [7, 11) is 0. The van der Waals surface area contributed by atoms with Gasteiger partial charge in [-0.25, -0.2) is 0 Å². The number of nitrogens with two attached hydrogens (primary N) is 1. The normalized spacial score (nSPS) is 23.1. The van der Waals surface area contributed by atoms with Crippen LogP contribution in [0.15, 0.2) is 22.5 Å². The molecule has 3 heterocycles. The number of aliphatic imine (C=N–C) groups is 1. The maximum Gasteiger partial charge on any atom is 0.188 e. The topological polar surface area (TPSA) is 56.9 Å². The number of likely N-dealkylation sites (tertiary alicyclic amines) is 2. The highest BCUT2D eigenvalue weighted by Gasteiger charge is 2.23. The molecule has 2 aliphatic rings. The molecule has 3 N–H and O–H groups in total. The van der Waals surface area contributed by atoms with Crippen LogP contribution in [0.25, 0.3) is 0 Å². The Bertz CT molecular complexity index is 528. The van der Waals surface area contributed by atoms with Gasteiger partial charge in [-0.05, 0) is 69.2 Å². The fourth-order valence-corrected chi connectivity index (χ4v) is 4.74. The molecule has 26 heavy (non-hydrogen) atoms. The van der Waals surface area contributed by atoms with E-state index in [4.69, 9.17) is 5.73 Å². The van der Waals surface area contributed by atoms with Gasteiger partial charge in [-0.15, -0.1) is 35.3 Å². The van der Waals surface area contributed by atoms with Gasteiger partial charge in [-0.1, -0.05) is 13.0 Å².